The molecule has 0 aliphatic heterocycles. The van der Waals surface area contributed by atoms with Gasteiger partial charge in [-0.1, -0.05) is 0 Å². The van der Waals surface area contributed by atoms with Crippen LogP contribution in [0.15, 0.2) is 26.2 Å². The molecule has 0 unspecified atom stereocenters. The van der Waals surface area contributed by atoms with Crippen LogP contribution in [0.1, 0.15) is 0 Å². The molecule has 0 aliphatic carbocycles. The van der Waals surface area contributed by atoms with E-state index < -0.39 is 10.0 Å². The second-order valence-corrected chi connectivity index (χ2v) is 7.24. The summed E-state index contributed by atoms with van der Waals surface area (Å²) in [5, 5.41) is 5.63. The Morgan fingerprint density at radius 3 is 2.67 bits per heavy atom. The molecule has 4 nitrogen and oxygen atoms in total. The summed E-state index contributed by atoms with van der Waals surface area (Å²) < 4.78 is 23.1. The van der Waals surface area contributed by atoms with E-state index >= 15 is 0 Å². The van der Waals surface area contributed by atoms with E-state index in [4.69, 9.17) is 5.14 Å². The standard InChI is InChI=1S/C7H8Br2N2O2S2/c8-5-3-6(9)7(11-4-5)14-1-2-15(10,12)13/h3-4H,1-2H2,(H2,10,12,13). The van der Waals surface area contributed by atoms with E-state index in [0.717, 1.165) is 14.0 Å². The highest BCUT2D eigenvalue weighted by atomic mass is 79.9. The van der Waals surface area contributed by atoms with Gasteiger partial charge in [-0.25, -0.2) is 18.5 Å². The summed E-state index contributed by atoms with van der Waals surface area (Å²) in [7, 11) is -3.39. The molecular formula is C7H8Br2N2O2S2. The summed E-state index contributed by atoms with van der Waals surface area (Å²) in [4.78, 5) is 4.13. The number of halogens is 2. The number of thioether (sulfide) groups is 1. The van der Waals surface area contributed by atoms with Gasteiger partial charge >= 0.3 is 0 Å². The molecular weight excluding hydrogens is 368 g/mol. The minimum absolute atomic E-state index is 0.0537. The SMILES string of the molecule is NS(=O)(=O)CCSc1ncc(Br)cc1Br. The van der Waals surface area contributed by atoms with Gasteiger partial charge in [-0.2, -0.15) is 0 Å². The zero-order valence-corrected chi connectivity index (χ0v) is 12.3. The Morgan fingerprint density at radius 2 is 2.13 bits per heavy atom. The number of hydrogen-bond acceptors (Lipinski definition) is 4. The lowest BCUT2D eigenvalue weighted by atomic mass is 10.5. The van der Waals surface area contributed by atoms with Gasteiger partial charge in [-0.3, -0.25) is 0 Å². The van der Waals surface area contributed by atoms with Crippen LogP contribution in [0.2, 0.25) is 0 Å². The summed E-state index contributed by atoms with van der Waals surface area (Å²) >= 11 is 7.96. The Hall–Kier alpha value is 0.370. The van der Waals surface area contributed by atoms with Crippen LogP contribution >= 0.6 is 43.6 Å². The van der Waals surface area contributed by atoms with Crippen LogP contribution in [-0.2, 0) is 10.0 Å². The molecule has 1 aromatic rings. The second-order valence-electron chi connectivity index (χ2n) is 2.66. The quantitative estimate of drug-likeness (QED) is 0.816. The van der Waals surface area contributed by atoms with Crippen molar-refractivity contribution in [3.8, 4) is 0 Å². The van der Waals surface area contributed by atoms with E-state index in [1.807, 2.05) is 6.07 Å². The van der Waals surface area contributed by atoms with Gasteiger partial charge in [0.15, 0.2) is 0 Å². The Bertz CT molecular complexity index is 450. The summed E-state index contributed by atoms with van der Waals surface area (Å²) in [6.07, 6.45) is 1.66. The molecule has 0 spiro atoms. The molecule has 0 bridgehead atoms. The zero-order valence-electron chi connectivity index (χ0n) is 7.48. The van der Waals surface area contributed by atoms with Crippen LogP contribution in [0.5, 0.6) is 0 Å². The van der Waals surface area contributed by atoms with Crippen LogP contribution in [0.4, 0.5) is 0 Å². The summed E-state index contributed by atoms with van der Waals surface area (Å²) in [5.74, 6) is 0.341. The van der Waals surface area contributed by atoms with Crippen LogP contribution in [0, 0.1) is 0 Å². The van der Waals surface area contributed by atoms with Crippen LogP contribution in [0.25, 0.3) is 0 Å². The predicted molar refractivity (Wildman–Crippen MR) is 68.3 cm³/mol. The molecule has 0 saturated carbocycles. The van der Waals surface area contributed by atoms with E-state index in [1.54, 1.807) is 6.20 Å². The van der Waals surface area contributed by atoms with Crippen molar-refractivity contribution in [2.24, 2.45) is 5.14 Å². The first-order valence-corrected chi connectivity index (χ1v) is 8.11. The van der Waals surface area contributed by atoms with Crippen molar-refractivity contribution in [3.63, 3.8) is 0 Å². The highest BCUT2D eigenvalue weighted by Gasteiger charge is 2.06. The molecule has 0 saturated heterocycles. The minimum atomic E-state index is -3.39. The number of sulfonamides is 1. The molecule has 1 rings (SSSR count). The molecule has 0 fully saturated rings. The maximum absolute atomic E-state index is 10.7. The van der Waals surface area contributed by atoms with Gasteiger partial charge in [0.1, 0.15) is 5.03 Å². The molecule has 0 amide bonds. The van der Waals surface area contributed by atoms with Crippen LogP contribution < -0.4 is 5.14 Å². The average molecular weight is 376 g/mol. The molecule has 0 radical (unpaired) electrons. The van der Waals surface area contributed by atoms with E-state index in [9.17, 15) is 8.42 Å². The number of nitrogens with zero attached hydrogens (tertiary/aromatic N) is 1. The zero-order chi connectivity index (χ0) is 11.5. The molecule has 1 heterocycles. The van der Waals surface area contributed by atoms with Gasteiger partial charge in [0, 0.05) is 16.4 Å². The number of aromatic nitrogens is 1. The van der Waals surface area contributed by atoms with Crippen molar-refractivity contribution in [2.75, 3.05) is 11.5 Å². The summed E-state index contributed by atoms with van der Waals surface area (Å²) in [6, 6.07) is 1.85. The average Bonchev–Trinajstić information content (AvgIpc) is 2.07. The van der Waals surface area contributed by atoms with Gasteiger partial charge in [0.25, 0.3) is 0 Å². The predicted octanol–water partition coefficient (Wildman–Crippen LogP) is 1.99. The number of pyridine rings is 1. The summed E-state index contributed by atoms with van der Waals surface area (Å²) in [5.41, 5.74) is 0. The maximum atomic E-state index is 10.7. The van der Waals surface area contributed by atoms with Crippen molar-refractivity contribution >= 4 is 53.6 Å². The van der Waals surface area contributed by atoms with Gasteiger partial charge in [0.2, 0.25) is 10.0 Å². The molecule has 8 heteroatoms. The lowest BCUT2D eigenvalue weighted by Gasteiger charge is -2.02. The Labute approximate surface area is 109 Å². The van der Waals surface area contributed by atoms with Gasteiger partial charge in [-0.05, 0) is 37.9 Å². The normalized spacial score (nSPS) is 11.7. The van der Waals surface area contributed by atoms with Crippen molar-refractivity contribution in [1.29, 1.82) is 0 Å². The van der Waals surface area contributed by atoms with Crippen molar-refractivity contribution in [2.45, 2.75) is 5.03 Å². The molecule has 0 aliphatic rings. The van der Waals surface area contributed by atoms with Gasteiger partial charge in [0.05, 0.1) is 10.2 Å². The third-order valence-corrected chi connectivity index (χ3v) is 4.72. The van der Waals surface area contributed by atoms with E-state index in [2.05, 4.69) is 36.8 Å². The number of nitrogens with two attached hydrogens (primary N) is 1. The van der Waals surface area contributed by atoms with Gasteiger partial charge < -0.3 is 0 Å². The first-order chi connectivity index (χ1) is 6.88. The van der Waals surface area contributed by atoms with Crippen molar-refractivity contribution < 1.29 is 8.42 Å². The molecule has 0 atom stereocenters. The fraction of sp³-hybridized carbons (Fsp3) is 0.286. The lowest BCUT2D eigenvalue weighted by molar-refractivity contribution is 0.599. The molecule has 2 N–H and O–H groups in total. The third kappa shape index (κ3) is 5.30. The molecule has 0 aromatic carbocycles. The monoisotopic (exact) mass is 374 g/mol. The first kappa shape index (κ1) is 13.4. The molecule has 84 valence electrons. The van der Waals surface area contributed by atoms with Crippen molar-refractivity contribution in [1.82, 2.24) is 4.98 Å². The Balaban J connectivity index is 2.59. The smallest absolute Gasteiger partial charge is 0.209 e. The number of hydrogen-bond donors (Lipinski definition) is 1. The second kappa shape index (κ2) is 5.62. The fourth-order valence-corrected chi connectivity index (χ4v) is 3.87. The van der Waals surface area contributed by atoms with E-state index in [1.165, 1.54) is 11.8 Å². The van der Waals surface area contributed by atoms with Gasteiger partial charge in [-0.15, -0.1) is 11.8 Å². The maximum Gasteiger partial charge on any atom is 0.209 e. The first-order valence-electron chi connectivity index (χ1n) is 3.83. The topological polar surface area (TPSA) is 73.1 Å². The fourth-order valence-electron chi connectivity index (χ4n) is 0.763. The highest BCUT2D eigenvalue weighted by Crippen LogP contribution is 2.27. The number of primary sulfonamides is 1. The van der Waals surface area contributed by atoms with Crippen molar-refractivity contribution in [3.05, 3.63) is 21.2 Å². The molecule has 1 aromatic heterocycles. The number of rotatable bonds is 4. The largest absolute Gasteiger partial charge is 0.248 e. The molecule has 15 heavy (non-hydrogen) atoms. The van der Waals surface area contributed by atoms with E-state index in [-0.39, 0.29) is 5.75 Å². The van der Waals surface area contributed by atoms with E-state index in [0.29, 0.717) is 5.75 Å². The lowest BCUT2D eigenvalue weighted by Crippen LogP contribution is -2.17. The third-order valence-electron chi connectivity index (χ3n) is 1.38. The minimum Gasteiger partial charge on any atom is -0.248 e. The highest BCUT2D eigenvalue weighted by molar-refractivity contribution is 9.11. The van der Waals surface area contributed by atoms with Crippen LogP contribution in [0.3, 0.4) is 0 Å². The Morgan fingerprint density at radius 1 is 1.47 bits per heavy atom. The van der Waals surface area contributed by atoms with Crippen LogP contribution in [-0.4, -0.2) is 24.9 Å². The summed E-state index contributed by atoms with van der Waals surface area (Å²) in [6.45, 7) is 0. The Kier molecular flexibility index (Phi) is 5.04.